The fourth-order valence-corrected chi connectivity index (χ4v) is 4.60. The number of aromatic amines is 1. The Morgan fingerprint density at radius 2 is 2.05 bits per heavy atom. The number of nitrogens with zero attached hydrogens (tertiary/aromatic N) is 3. The lowest BCUT2D eigenvalue weighted by Crippen LogP contribution is -2.32. The number of hydrogen-bond donors (Lipinski definition) is 3. The van der Waals surface area contributed by atoms with Crippen LogP contribution in [-0.2, 0) is 26.6 Å². The molecular formula is C24H28ClFN6O4S. The molecule has 37 heavy (non-hydrogen) atoms. The number of anilines is 1. The van der Waals surface area contributed by atoms with Crippen LogP contribution in [0.4, 0.5) is 14.9 Å². The normalized spacial score (nSPS) is 15.2. The van der Waals surface area contributed by atoms with Gasteiger partial charge >= 0.3 is 6.09 Å². The van der Waals surface area contributed by atoms with Crippen molar-refractivity contribution in [1.29, 1.82) is 0 Å². The largest absolute Gasteiger partial charge is 0.453 e. The Morgan fingerprint density at radius 3 is 2.70 bits per heavy atom. The second kappa shape index (κ2) is 10.3. The molecule has 0 radical (unpaired) electrons. The van der Waals surface area contributed by atoms with Gasteiger partial charge in [0.1, 0.15) is 17.3 Å². The molecule has 0 spiro atoms. The van der Waals surface area contributed by atoms with Gasteiger partial charge in [-0.15, -0.1) is 0 Å². The van der Waals surface area contributed by atoms with E-state index in [0.29, 0.717) is 35.9 Å². The maximum absolute atomic E-state index is 15.6. The van der Waals surface area contributed by atoms with Crippen LogP contribution in [0.1, 0.15) is 44.8 Å². The molecule has 1 aliphatic rings. The van der Waals surface area contributed by atoms with E-state index in [1.54, 1.807) is 12.3 Å². The smallest absolute Gasteiger partial charge is 0.407 e. The number of amides is 1. The highest BCUT2D eigenvalue weighted by Gasteiger charge is 2.43. The van der Waals surface area contributed by atoms with Crippen molar-refractivity contribution in [2.24, 2.45) is 0 Å². The molecule has 2 heterocycles. The second-order valence-electron chi connectivity index (χ2n) is 9.49. The molecule has 1 atom stereocenters. The van der Waals surface area contributed by atoms with E-state index in [-0.39, 0.29) is 33.4 Å². The quantitative estimate of drug-likeness (QED) is 0.358. The molecule has 1 saturated carbocycles. The first kappa shape index (κ1) is 26.8. The van der Waals surface area contributed by atoms with Crippen molar-refractivity contribution in [3.8, 4) is 22.6 Å². The molecule has 3 aromatic rings. The molecule has 3 N–H and O–H groups in total. The van der Waals surface area contributed by atoms with E-state index in [4.69, 9.17) is 16.6 Å². The molecule has 0 saturated heterocycles. The average Bonchev–Trinajstić information content (AvgIpc) is 3.42. The summed E-state index contributed by atoms with van der Waals surface area (Å²) >= 11 is 6.25. The summed E-state index contributed by atoms with van der Waals surface area (Å²) in [4.78, 5) is 28.5. The first-order valence-corrected chi connectivity index (χ1v) is 13.9. The van der Waals surface area contributed by atoms with Gasteiger partial charge in [0, 0.05) is 34.7 Å². The van der Waals surface area contributed by atoms with Gasteiger partial charge in [0.15, 0.2) is 5.82 Å². The minimum Gasteiger partial charge on any atom is -0.453 e. The number of H-pyrrole nitrogens is 1. The number of sulfonamides is 1. The fraction of sp³-hybridized carbons (Fsp3) is 0.417. The van der Waals surface area contributed by atoms with Crippen LogP contribution >= 0.6 is 11.6 Å². The van der Waals surface area contributed by atoms with Gasteiger partial charge in [0.05, 0.1) is 30.4 Å². The zero-order chi connectivity index (χ0) is 27.0. The van der Waals surface area contributed by atoms with Crippen molar-refractivity contribution in [1.82, 2.24) is 25.3 Å². The molecule has 4 rings (SSSR count). The monoisotopic (exact) mass is 550 g/mol. The number of aryl methyl sites for hydroxylation is 1. The average molecular weight is 551 g/mol. The van der Waals surface area contributed by atoms with E-state index in [1.807, 2.05) is 6.92 Å². The highest BCUT2D eigenvalue weighted by molar-refractivity contribution is 7.92. The van der Waals surface area contributed by atoms with E-state index < -0.39 is 21.9 Å². The Morgan fingerprint density at radius 1 is 1.32 bits per heavy atom. The molecule has 1 aliphatic carbocycles. The summed E-state index contributed by atoms with van der Waals surface area (Å²) in [5.41, 5.74) is 0.837. The number of halogens is 2. The van der Waals surface area contributed by atoms with Crippen LogP contribution < -0.4 is 10.0 Å². The van der Waals surface area contributed by atoms with Gasteiger partial charge in [-0.1, -0.05) is 18.5 Å². The summed E-state index contributed by atoms with van der Waals surface area (Å²) in [6.45, 7) is 3.91. The number of hydrogen-bond acceptors (Lipinski definition) is 7. The third-order valence-electron chi connectivity index (χ3n) is 6.18. The van der Waals surface area contributed by atoms with Crippen LogP contribution in [0.3, 0.4) is 0 Å². The Bertz CT molecular complexity index is 1440. The van der Waals surface area contributed by atoms with Gasteiger partial charge in [0.2, 0.25) is 10.0 Å². The number of nitrogens with one attached hydrogen (secondary N) is 3. The van der Waals surface area contributed by atoms with Crippen molar-refractivity contribution >= 4 is 33.4 Å². The predicted molar refractivity (Wildman–Crippen MR) is 138 cm³/mol. The summed E-state index contributed by atoms with van der Waals surface area (Å²) in [6.07, 6.45) is 4.92. The van der Waals surface area contributed by atoms with Crippen LogP contribution in [0, 0.1) is 5.82 Å². The number of imidazole rings is 1. The van der Waals surface area contributed by atoms with Crippen molar-refractivity contribution in [3.63, 3.8) is 0 Å². The first-order chi connectivity index (χ1) is 17.4. The topological polar surface area (TPSA) is 139 Å². The van der Waals surface area contributed by atoms with E-state index in [9.17, 15) is 13.2 Å². The number of alkyl carbamates (subject to hydrolysis) is 1. The van der Waals surface area contributed by atoms with Crippen molar-refractivity contribution in [2.75, 3.05) is 18.1 Å². The number of aromatic nitrogens is 4. The molecule has 10 nitrogen and oxygen atoms in total. The zero-order valence-electron chi connectivity index (χ0n) is 20.9. The van der Waals surface area contributed by atoms with Crippen LogP contribution in [-0.4, -0.2) is 53.9 Å². The molecule has 1 fully saturated rings. The van der Waals surface area contributed by atoms with Crippen molar-refractivity contribution < 1.29 is 22.3 Å². The molecule has 13 heteroatoms. The van der Waals surface area contributed by atoms with Gasteiger partial charge in [-0.3, -0.25) is 4.72 Å². The standard InChI is InChI=1S/C24H28ClFN6O4S/c1-13(28-23(33)36-3)5-6-18-27-10-7-16(29-18)21-20(30-22(31-21)24(2)8-9-24)15-11-14(25)12-17(19(15)26)32-37(4,34)35/h7,10-13,32H,5-6,8-9H2,1-4H3,(H,28,33)(H,30,31)/t13-/m0/s1. The van der Waals surface area contributed by atoms with E-state index in [1.165, 1.54) is 19.2 Å². The lowest BCUT2D eigenvalue weighted by molar-refractivity contribution is 0.167. The van der Waals surface area contributed by atoms with Gasteiger partial charge in [0.25, 0.3) is 0 Å². The molecule has 2 aromatic heterocycles. The van der Waals surface area contributed by atoms with Gasteiger partial charge in [-0.2, -0.15) is 0 Å². The van der Waals surface area contributed by atoms with Gasteiger partial charge in [-0.25, -0.2) is 32.6 Å². The van der Waals surface area contributed by atoms with E-state index >= 15 is 4.39 Å². The van der Waals surface area contributed by atoms with Gasteiger partial charge < -0.3 is 15.0 Å². The van der Waals surface area contributed by atoms with Crippen LogP contribution in [0.15, 0.2) is 24.4 Å². The lowest BCUT2D eigenvalue weighted by atomic mass is 10.1. The molecule has 1 aromatic carbocycles. The number of carbonyl (C=O) groups is 1. The minimum atomic E-state index is -3.75. The second-order valence-corrected chi connectivity index (χ2v) is 11.7. The van der Waals surface area contributed by atoms with Crippen LogP contribution in [0.5, 0.6) is 0 Å². The number of carbonyl (C=O) groups excluding carboxylic acids is 1. The summed E-state index contributed by atoms with van der Waals surface area (Å²) in [5, 5.41) is 2.85. The van der Waals surface area contributed by atoms with Crippen LogP contribution in [0.25, 0.3) is 22.6 Å². The van der Waals surface area contributed by atoms with Crippen molar-refractivity contribution in [3.05, 3.63) is 46.9 Å². The summed E-state index contributed by atoms with van der Waals surface area (Å²) in [6, 6.07) is 4.15. The maximum atomic E-state index is 15.6. The Kier molecular flexibility index (Phi) is 7.43. The Balaban J connectivity index is 1.73. The van der Waals surface area contributed by atoms with E-state index in [2.05, 4.69) is 36.7 Å². The third kappa shape index (κ3) is 6.37. The molecule has 198 valence electrons. The number of ether oxygens (including phenoxy) is 1. The fourth-order valence-electron chi connectivity index (χ4n) is 3.84. The molecule has 0 unspecified atom stereocenters. The lowest BCUT2D eigenvalue weighted by Gasteiger charge is -2.12. The number of rotatable bonds is 9. The zero-order valence-corrected chi connectivity index (χ0v) is 22.4. The number of benzene rings is 1. The van der Waals surface area contributed by atoms with E-state index in [0.717, 1.165) is 19.1 Å². The van der Waals surface area contributed by atoms with Crippen molar-refractivity contribution in [2.45, 2.75) is 51.0 Å². The molecule has 0 bridgehead atoms. The highest BCUT2D eigenvalue weighted by Crippen LogP contribution is 2.48. The first-order valence-electron chi connectivity index (χ1n) is 11.6. The summed E-state index contributed by atoms with van der Waals surface area (Å²) < 4.78 is 45.9. The summed E-state index contributed by atoms with van der Waals surface area (Å²) in [5.74, 6) is 0.416. The molecular weight excluding hydrogens is 523 g/mol. The minimum absolute atomic E-state index is 0.0384. The Labute approximate surface area is 219 Å². The third-order valence-corrected chi connectivity index (χ3v) is 6.98. The maximum Gasteiger partial charge on any atom is 0.407 e. The SMILES string of the molecule is COC(=O)N[C@@H](C)CCc1nccc(-c2[nH]c(C3(C)CC3)nc2-c2cc(Cl)cc(NS(C)(=O)=O)c2F)n1. The van der Waals surface area contributed by atoms with Crippen LogP contribution in [0.2, 0.25) is 5.02 Å². The molecule has 1 amide bonds. The summed E-state index contributed by atoms with van der Waals surface area (Å²) in [7, 11) is -2.44. The predicted octanol–water partition coefficient (Wildman–Crippen LogP) is 4.43. The molecule has 0 aliphatic heterocycles. The highest BCUT2D eigenvalue weighted by atomic mass is 35.5. The van der Waals surface area contributed by atoms with Gasteiger partial charge in [-0.05, 0) is 44.4 Å². The Hall–Kier alpha value is -3.25. The number of methoxy groups -OCH3 is 1.